The van der Waals surface area contributed by atoms with Crippen LogP contribution >= 0.6 is 15.6 Å². The predicted molar refractivity (Wildman–Crippen MR) is 317 cm³/mol. The van der Waals surface area contributed by atoms with E-state index in [1.807, 2.05) is 0 Å². The van der Waals surface area contributed by atoms with E-state index in [4.69, 9.17) is 37.0 Å². The summed E-state index contributed by atoms with van der Waals surface area (Å²) in [5, 5.41) is 10.5. The van der Waals surface area contributed by atoms with Gasteiger partial charge in [-0.2, -0.15) is 0 Å². The third kappa shape index (κ3) is 55.3. The molecule has 474 valence electrons. The summed E-state index contributed by atoms with van der Waals surface area (Å²) in [6.07, 6.45) is 41.2. The summed E-state index contributed by atoms with van der Waals surface area (Å²) >= 11 is 0. The summed E-state index contributed by atoms with van der Waals surface area (Å²) in [5.41, 5.74) is 0. The molecule has 5 atom stereocenters. The highest BCUT2D eigenvalue weighted by molar-refractivity contribution is 7.47. The molecule has 0 fully saturated rings. The largest absolute Gasteiger partial charge is 0.472 e. The average Bonchev–Trinajstić information content (AvgIpc) is 3.43. The molecule has 0 bridgehead atoms. The predicted octanol–water partition coefficient (Wildman–Crippen LogP) is 16.8. The minimum Gasteiger partial charge on any atom is -0.462 e. The molecule has 0 aliphatic heterocycles. The molecule has 0 saturated heterocycles. The van der Waals surface area contributed by atoms with E-state index in [0.717, 1.165) is 96.3 Å². The summed E-state index contributed by atoms with van der Waals surface area (Å²) in [7, 11) is -9.86. The fourth-order valence-electron chi connectivity index (χ4n) is 9.10. The summed E-state index contributed by atoms with van der Waals surface area (Å²) < 4.78 is 67.4. The molecule has 0 spiro atoms. The van der Waals surface area contributed by atoms with Crippen molar-refractivity contribution in [2.24, 2.45) is 0 Å². The maximum absolute atomic E-state index is 13.0. The number of carbonyl (C=O) groups is 4. The van der Waals surface area contributed by atoms with Gasteiger partial charge in [0.05, 0.1) is 26.4 Å². The Morgan fingerprint density at radius 1 is 0.300 bits per heavy atom. The molecular formula is C61H118O17P2. The number of aliphatic hydroxyl groups is 1. The molecule has 0 aromatic rings. The SMILES string of the molecule is CCCCCCCCCCCCCCCCCCCCCC(=O)O[C@H](COC(=O)CCCCCCCCCCCCC)COP(=O)(O)OC[C@@H](O)COP(=O)(O)OC[C@@H](COC(=O)CCCCCCC)OC(=O)CCCCCCC. The summed E-state index contributed by atoms with van der Waals surface area (Å²) in [5.74, 6) is -2.16. The molecule has 0 saturated carbocycles. The van der Waals surface area contributed by atoms with Crippen LogP contribution in [0.1, 0.15) is 310 Å². The molecule has 0 aliphatic carbocycles. The number of carbonyl (C=O) groups excluding carboxylic acids is 4. The van der Waals surface area contributed by atoms with Crippen molar-refractivity contribution in [2.45, 2.75) is 329 Å². The second-order valence-corrected chi connectivity index (χ2v) is 25.0. The first kappa shape index (κ1) is 78.1. The molecule has 17 nitrogen and oxygen atoms in total. The van der Waals surface area contributed by atoms with Gasteiger partial charge in [-0.25, -0.2) is 9.13 Å². The second kappa shape index (κ2) is 56.2. The Balaban J connectivity index is 5.06. The first-order valence-electron chi connectivity index (χ1n) is 32.3. The van der Waals surface area contributed by atoms with Gasteiger partial charge >= 0.3 is 39.5 Å². The van der Waals surface area contributed by atoms with Crippen LogP contribution < -0.4 is 0 Å². The monoisotopic (exact) mass is 1180 g/mol. The van der Waals surface area contributed by atoms with Crippen LogP contribution in [0.5, 0.6) is 0 Å². The van der Waals surface area contributed by atoms with Crippen LogP contribution in [0.2, 0.25) is 0 Å². The number of phosphoric acid groups is 2. The molecule has 19 heteroatoms. The Morgan fingerprint density at radius 3 is 0.738 bits per heavy atom. The van der Waals surface area contributed by atoms with Crippen molar-refractivity contribution in [3.05, 3.63) is 0 Å². The minimum atomic E-state index is -4.94. The number of unbranched alkanes of at least 4 members (excludes halogenated alkanes) is 36. The van der Waals surface area contributed by atoms with E-state index in [1.165, 1.54) is 135 Å². The van der Waals surface area contributed by atoms with E-state index in [-0.39, 0.29) is 25.7 Å². The van der Waals surface area contributed by atoms with Gasteiger partial charge < -0.3 is 33.8 Å². The van der Waals surface area contributed by atoms with Crippen molar-refractivity contribution in [1.29, 1.82) is 0 Å². The molecule has 3 N–H and O–H groups in total. The zero-order valence-electron chi connectivity index (χ0n) is 51.0. The smallest absolute Gasteiger partial charge is 0.462 e. The number of hydrogen-bond acceptors (Lipinski definition) is 15. The highest BCUT2D eigenvalue weighted by Crippen LogP contribution is 2.45. The quantitative estimate of drug-likeness (QED) is 0.0222. The standard InChI is InChI=1S/C61H118O17P2/c1-5-9-13-17-19-21-23-24-25-26-27-28-29-30-32-34-36-40-44-48-61(66)78-57(52-72-59(64)46-42-39-35-33-31-22-20-18-14-10-6-2)54-76-80(69,70)74-50-55(62)49-73-79(67,68)75-53-56(77-60(65)47-43-38-16-12-8-4)51-71-58(63)45-41-37-15-11-7-3/h55-57,62H,5-54H2,1-4H3,(H,67,68)(H,69,70)/t55-,56+,57+/m0/s1. The molecule has 0 amide bonds. The lowest BCUT2D eigenvalue weighted by atomic mass is 10.0. The van der Waals surface area contributed by atoms with Crippen LogP contribution in [0, 0.1) is 0 Å². The summed E-state index contributed by atoms with van der Waals surface area (Å²) in [6.45, 7) is 4.68. The van der Waals surface area contributed by atoms with Crippen LogP contribution in [0.15, 0.2) is 0 Å². The van der Waals surface area contributed by atoms with Gasteiger partial charge in [-0.15, -0.1) is 0 Å². The lowest BCUT2D eigenvalue weighted by molar-refractivity contribution is -0.161. The molecule has 0 heterocycles. The molecule has 0 radical (unpaired) electrons. The fraction of sp³-hybridized carbons (Fsp3) is 0.934. The van der Waals surface area contributed by atoms with Crippen molar-refractivity contribution in [3.63, 3.8) is 0 Å². The molecule has 0 rings (SSSR count). The fourth-order valence-corrected chi connectivity index (χ4v) is 10.7. The molecule has 0 aromatic carbocycles. The van der Waals surface area contributed by atoms with Crippen LogP contribution in [-0.4, -0.2) is 96.7 Å². The van der Waals surface area contributed by atoms with Crippen LogP contribution in [0.4, 0.5) is 0 Å². The normalized spacial score (nSPS) is 14.2. The Hall–Kier alpha value is -1.94. The van der Waals surface area contributed by atoms with Crippen LogP contribution in [0.25, 0.3) is 0 Å². The van der Waals surface area contributed by atoms with E-state index in [1.54, 1.807) is 0 Å². The Labute approximate surface area is 486 Å². The third-order valence-corrected chi connectivity index (χ3v) is 16.0. The zero-order valence-corrected chi connectivity index (χ0v) is 52.8. The number of phosphoric ester groups is 2. The first-order valence-corrected chi connectivity index (χ1v) is 35.3. The maximum atomic E-state index is 13.0. The van der Waals surface area contributed by atoms with E-state index in [0.29, 0.717) is 25.7 Å². The highest BCUT2D eigenvalue weighted by Gasteiger charge is 2.30. The highest BCUT2D eigenvalue weighted by atomic mass is 31.2. The van der Waals surface area contributed by atoms with Gasteiger partial charge in [-0.3, -0.25) is 37.3 Å². The third-order valence-electron chi connectivity index (χ3n) is 14.1. The number of aliphatic hydroxyl groups excluding tert-OH is 1. The van der Waals surface area contributed by atoms with Crippen molar-refractivity contribution >= 4 is 39.5 Å². The molecule has 80 heavy (non-hydrogen) atoms. The van der Waals surface area contributed by atoms with E-state index in [9.17, 15) is 43.2 Å². The van der Waals surface area contributed by atoms with Crippen LogP contribution in [-0.2, 0) is 65.4 Å². The zero-order chi connectivity index (χ0) is 59.1. The van der Waals surface area contributed by atoms with Gasteiger partial charge in [-0.1, -0.05) is 259 Å². The van der Waals surface area contributed by atoms with E-state index >= 15 is 0 Å². The van der Waals surface area contributed by atoms with Gasteiger partial charge in [0.2, 0.25) is 0 Å². The molecule has 0 aromatic heterocycles. The minimum absolute atomic E-state index is 0.0991. The lowest BCUT2D eigenvalue weighted by Crippen LogP contribution is -2.30. The maximum Gasteiger partial charge on any atom is 0.472 e. The van der Waals surface area contributed by atoms with Crippen molar-refractivity contribution < 1.29 is 80.2 Å². The first-order chi connectivity index (χ1) is 38.7. The Kier molecular flexibility index (Phi) is 54.8. The average molecular weight is 1190 g/mol. The van der Waals surface area contributed by atoms with Gasteiger partial charge in [-0.05, 0) is 25.7 Å². The molecule has 0 aliphatic rings. The molecular weight excluding hydrogens is 1070 g/mol. The number of ether oxygens (including phenoxy) is 4. The number of hydrogen-bond donors (Lipinski definition) is 3. The number of rotatable bonds is 62. The van der Waals surface area contributed by atoms with Crippen LogP contribution in [0.3, 0.4) is 0 Å². The number of esters is 4. The summed E-state index contributed by atoms with van der Waals surface area (Å²) in [4.78, 5) is 71.5. The van der Waals surface area contributed by atoms with Gasteiger partial charge in [0.1, 0.15) is 19.3 Å². The van der Waals surface area contributed by atoms with Gasteiger partial charge in [0, 0.05) is 25.7 Å². The summed E-state index contributed by atoms with van der Waals surface area (Å²) in [6, 6.07) is 0. The van der Waals surface area contributed by atoms with Crippen molar-refractivity contribution in [3.8, 4) is 0 Å². The van der Waals surface area contributed by atoms with E-state index in [2.05, 4.69) is 27.7 Å². The lowest BCUT2D eigenvalue weighted by Gasteiger charge is -2.21. The molecule has 2 unspecified atom stereocenters. The second-order valence-electron chi connectivity index (χ2n) is 22.1. The Bertz CT molecular complexity index is 1550. The topological polar surface area (TPSA) is 237 Å². The van der Waals surface area contributed by atoms with Crippen molar-refractivity contribution in [1.82, 2.24) is 0 Å². The van der Waals surface area contributed by atoms with E-state index < -0.39 is 97.5 Å². The van der Waals surface area contributed by atoms with Gasteiger partial charge in [0.15, 0.2) is 12.2 Å². The van der Waals surface area contributed by atoms with Gasteiger partial charge in [0.25, 0.3) is 0 Å². The van der Waals surface area contributed by atoms with Crippen molar-refractivity contribution in [2.75, 3.05) is 39.6 Å². The Morgan fingerprint density at radius 2 is 0.500 bits per heavy atom.